The standard InChI is InChI=1S/C17H11Cl3FNO3/c18-12-7-14(20)15(8-13(12)19)22-16(23)9-25-17(24)5-4-10-2-1-3-11(21)6-10/h1-8H,9H2,(H,22,23)/b5-4+. The molecule has 2 aromatic carbocycles. The maximum absolute atomic E-state index is 13.0. The van der Waals surface area contributed by atoms with Gasteiger partial charge in [0.15, 0.2) is 6.61 Å². The van der Waals surface area contributed by atoms with E-state index in [2.05, 4.69) is 5.32 Å². The molecule has 0 aliphatic carbocycles. The monoisotopic (exact) mass is 401 g/mol. The lowest BCUT2D eigenvalue weighted by molar-refractivity contribution is -0.142. The lowest BCUT2D eigenvalue weighted by Gasteiger charge is -2.08. The normalized spacial score (nSPS) is 10.7. The number of anilines is 1. The molecule has 2 aromatic rings. The van der Waals surface area contributed by atoms with Crippen LogP contribution >= 0.6 is 34.8 Å². The highest BCUT2D eigenvalue weighted by molar-refractivity contribution is 6.44. The molecular weight excluding hydrogens is 392 g/mol. The van der Waals surface area contributed by atoms with Gasteiger partial charge in [0.2, 0.25) is 0 Å². The van der Waals surface area contributed by atoms with Crippen molar-refractivity contribution in [3.05, 3.63) is 68.9 Å². The summed E-state index contributed by atoms with van der Waals surface area (Å²) in [7, 11) is 0. The van der Waals surface area contributed by atoms with Crippen molar-refractivity contribution in [2.24, 2.45) is 0 Å². The molecule has 0 aromatic heterocycles. The number of hydrogen-bond donors (Lipinski definition) is 1. The zero-order valence-electron chi connectivity index (χ0n) is 12.6. The van der Waals surface area contributed by atoms with Crippen molar-refractivity contribution in [2.45, 2.75) is 0 Å². The Bertz CT molecular complexity index is 840. The molecule has 0 spiro atoms. The maximum Gasteiger partial charge on any atom is 0.331 e. The second-order valence-corrected chi connectivity index (χ2v) is 6.01. The van der Waals surface area contributed by atoms with Crippen LogP contribution in [0.5, 0.6) is 0 Å². The molecule has 0 saturated carbocycles. The van der Waals surface area contributed by atoms with Gasteiger partial charge in [0.05, 0.1) is 20.8 Å². The van der Waals surface area contributed by atoms with E-state index in [-0.39, 0.29) is 20.8 Å². The van der Waals surface area contributed by atoms with Crippen LogP contribution in [0.2, 0.25) is 15.1 Å². The van der Waals surface area contributed by atoms with Crippen molar-refractivity contribution in [3.8, 4) is 0 Å². The summed E-state index contributed by atoms with van der Waals surface area (Å²) in [5, 5.41) is 3.11. The predicted octanol–water partition coefficient (Wildman–Crippen LogP) is 4.98. The Hall–Kier alpha value is -2.08. The van der Waals surface area contributed by atoms with E-state index in [0.29, 0.717) is 5.56 Å². The average molecular weight is 403 g/mol. The fraction of sp³-hybridized carbons (Fsp3) is 0.0588. The number of rotatable bonds is 5. The third kappa shape index (κ3) is 6.05. The molecule has 8 heteroatoms. The third-order valence-electron chi connectivity index (χ3n) is 2.89. The second-order valence-electron chi connectivity index (χ2n) is 4.79. The summed E-state index contributed by atoms with van der Waals surface area (Å²) in [6.07, 6.45) is 2.47. The van der Waals surface area contributed by atoms with Crippen LogP contribution in [0.3, 0.4) is 0 Å². The summed E-state index contributed by atoms with van der Waals surface area (Å²) < 4.78 is 17.8. The molecule has 0 heterocycles. The number of benzene rings is 2. The SMILES string of the molecule is O=C(COC(=O)/C=C/c1cccc(F)c1)Nc1cc(Cl)c(Cl)cc1Cl. The molecule has 0 aliphatic heterocycles. The molecule has 0 atom stereocenters. The van der Waals surface area contributed by atoms with Gasteiger partial charge in [-0.1, -0.05) is 46.9 Å². The van der Waals surface area contributed by atoms with Gasteiger partial charge in [-0.25, -0.2) is 9.18 Å². The fourth-order valence-corrected chi connectivity index (χ4v) is 2.36. The van der Waals surface area contributed by atoms with Crippen molar-refractivity contribution < 1.29 is 18.7 Å². The Labute approximate surface area is 158 Å². The third-order valence-corrected chi connectivity index (χ3v) is 3.92. The van der Waals surface area contributed by atoms with Crippen molar-refractivity contribution >= 4 is 58.4 Å². The van der Waals surface area contributed by atoms with Gasteiger partial charge in [-0.2, -0.15) is 0 Å². The summed E-state index contributed by atoms with van der Waals surface area (Å²) in [4.78, 5) is 23.4. The van der Waals surface area contributed by atoms with Gasteiger partial charge in [-0.3, -0.25) is 4.79 Å². The van der Waals surface area contributed by atoms with E-state index in [1.807, 2.05) is 0 Å². The van der Waals surface area contributed by atoms with E-state index in [1.165, 1.54) is 36.4 Å². The first-order valence-corrected chi connectivity index (χ1v) is 8.03. The van der Waals surface area contributed by atoms with E-state index in [4.69, 9.17) is 39.5 Å². The Kier molecular flexibility index (Phi) is 6.82. The minimum absolute atomic E-state index is 0.195. The van der Waals surface area contributed by atoms with E-state index in [9.17, 15) is 14.0 Å². The fourth-order valence-electron chi connectivity index (χ4n) is 1.76. The van der Waals surface area contributed by atoms with Gasteiger partial charge < -0.3 is 10.1 Å². The molecular formula is C17H11Cl3FNO3. The van der Waals surface area contributed by atoms with E-state index >= 15 is 0 Å². The summed E-state index contributed by atoms with van der Waals surface area (Å²) in [6.45, 7) is -0.525. The van der Waals surface area contributed by atoms with Crippen LogP contribution in [0, 0.1) is 5.82 Å². The smallest absolute Gasteiger partial charge is 0.331 e. The maximum atomic E-state index is 13.0. The van der Waals surface area contributed by atoms with Crippen LogP contribution in [0.25, 0.3) is 6.08 Å². The van der Waals surface area contributed by atoms with Gasteiger partial charge in [0, 0.05) is 6.08 Å². The van der Waals surface area contributed by atoms with E-state index < -0.39 is 24.3 Å². The van der Waals surface area contributed by atoms with Crippen LogP contribution in [-0.2, 0) is 14.3 Å². The average Bonchev–Trinajstić information content (AvgIpc) is 2.56. The lowest BCUT2D eigenvalue weighted by Crippen LogP contribution is -2.20. The highest BCUT2D eigenvalue weighted by Crippen LogP contribution is 2.32. The highest BCUT2D eigenvalue weighted by atomic mass is 35.5. The topological polar surface area (TPSA) is 55.4 Å². The zero-order valence-corrected chi connectivity index (χ0v) is 14.8. The Balaban J connectivity index is 1.87. The molecule has 1 N–H and O–H groups in total. The van der Waals surface area contributed by atoms with Gasteiger partial charge >= 0.3 is 5.97 Å². The Morgan fingerprint density at radius 2 is 1.80 bits per heavy atom. The molecule has 0 unspecified atom stereocenters. The first kappa shape index (κ1) is 19.2. The summed E-state index contributed by atoms with van der Waals surface area (Å²) in [5.74, 6) is -1.78. The minimum Gasteiger partial charge on any atom is -0.452 e. The second kappa shape index (κ2) is 8.85. The van der Waals surface area contributed by atoms with Gasteiger partial charge in [-0.15, -0.1) is 0 Å². The Morgan fingerprint density at radius 3 is 2.52 bits per heavy atom. The minimum atomic E-state index is -0.750. The molecule has 0 bridgehead atoms. The number of ether oxygens (including phenoxy) is 1. The van der Waals surface area contributed by atoms with Crippen molar-refractivity contribution in [1.82, 2.24) is 0 Å². The largest absolute Gasteiger partial charge is 0.452 e. The molecule has 4 nitrogen and oxygen atoms in total. The predicted molar refractivity (Wildman–Crippen MR) is 96.5 cm³/mol. The number of nitrogens with one attached hydrogen (secondary N) is 1. The molecule has 0 aliphatic rings. The van der Waals surface area contributed by atoms with Crippen LogP contribution in [0.1, 0.15) is 5.56 Å². The number of esters is 1. The molecule has 0 saturated heterocycles. The highest BCUT2D eigenvalue weighted by Gasteiger charge is 2.10. The number of carbonyl (C=O) groups is 2. The molecule has 0 radical (unpaired) electrons. The van der Waals surface area contributed by atoms with Crippen molar-refractivity contribution in [2.75, 3.05) is 11.9 Å². The first-order valence-electron chi connectivity index (χ1n) is 6.90. The van der Waals surface area contributed by atoms with Gasteiger partial charge in [0.1, 0.15) is 5.82 Å². The molecule has 130 valence electrons. The van der Waals surface area contributed by atoms with Crippen LogP contribution in [0.4, 0.5) is 10.1 Å². The van der Waals surface area contributed by atoms with Crippen LogP contribution in [-0.4, -0.2) is 18.5 Å². The summed E-state index contributed by atoms with van der Waals surface area (Å²) >= 11 is 17.6. The number of hydrogen-bond acceptors (Lipinski definition) is 3. The molecule has 2 rings (SSSR count). The van der Waals surface area contributed by atoms with E-state index in [1.54, 1.807) is 6.07 Å². The van der Waals surface area contributed by atoms with Gasteiger partial charge in [-0.05, 0) is 35.9 Å². The summed E-state index contributed by atoms with van der Waals surface area (Å²) in [5.41, 5.74) is 0.733. The van der Waals surface area contributed by atoms with E-state index in [0.717, 1.165) is 6.08 Å². The molecule has 25 heavy (non-hydrogen) atoms. The number of carbonyl (C=O) groups excluding carboxylic acids is 2. The lowest BCUT2D eigenvalue weighted by atomic mass is 10.2. The van der Waals surface area contributed by atoms with Gasteiger partial charge in [0.25, 0.3) is 5.91 Å². The van der Waals surface area contributed by atoms with Crippen molar-refractivity contribution in [1.29, 1.82) is 0 Å². The zero-order chi connectivity index (χ0) is 18.4. The van der Waals surface area contributed by atoms with Crippen LogP contribution in [0.15, 0.2) is 42.5 Å². The molecule has 0 fully saturated rings. The first-order chi connectivity index (χ1) is 11.8. The number of halogens is 4. The molecule has 1 amide bonds. The number of amides is 1. The van der Waals surface area contributed by atoms with Crippen LogP contribution < -0.4 is 5.32 Å². The van der Waals surface area contributed by atoms with Crippen molar-refractivity contribution in [3.63, 3.8) is 0 Å². The quantitative estimate of drug-likeness (QED) is 0.436. The Morgan fingerprint density at radius 1 is 1.08 bits per heavy atom. The summed E-state index contributed by atoms with van der Waals surface area (Å²) in [6, 6.07) is 8.43.